The smallest absolute Gasteiger partial charge is 0.147 e. The fraction of sp³-hybridized carbons (Fsp3) is 0.545. The predicted octanol–water partition coefficient (Wildman–Crippen LogP) is 2.19. The molecule has 3 heterocycles. The summed E-state index contributed by atoms with van der Waals surface area (Å²) < 4.78 is 0. The van der Waals surface area contributed by atoms with E-state index in [0.717, 1.165) is 31.2 Å². The number of hydrogen-bond acceptors (Lipinski definition) is 3. The number of nitrogens with one attached hydrogen (secondary N) is 1. The SMILES string of the molecule is Clc1cc(N2C[C@H]3CCN[C@H]3C2)cnc1Cl. The number of halogens is 2. The normalized spacial score (nSPS) is 28.5. The number of anilines is 1. The molecular weight excluding hydrogens is 245 g/mol. The van der Waals surface area contributed by atoms with Gasteiger partial charge in [0.2, 0.25) is 0 Å². The third-order valence-electron chi connectivity index (χ3n) is 3.51. The van der Waals surface area contributed by atoms with Crippen LogP contribution < -0.4 is 10.2 Å². The first-order chi connectivity index (χ1) is 7.74. The van der Waals surface area contributed by atoms with Gasteiger partial charge in [-0.1, -0.05) is 23.2 Å². The molecule has 1 aromatic rings. The van der Waals surface area contributed by atoms with E-state index >= 15 is 0 Å². The van der Waals surface area contributed by atoms with Gasteiger partial charge in [0, 0.05) is 19.1 Å². The van der Waals surface area contributed by atoms with Gasteiger partial charge in [-0.2, -0.15) is 0 Å². The van der Waals surface area contributed by atoms with Crippen LogP contribution >= 0.6 is 23.2 Å². The number of fused-ring (bicyclic) bond motifs is 1. The van der Waals surface area contributed by atoms with Crippen molar-refractivity contribution >= 4 is 28.9 Å². The van der Waals surface area contributed by atoms with Gasteiger partial charge in [-0.3, -0.25) is 0 Å². The number of rotatable bonds is 1. The first kappa shape index (κ1) is 10.6. The van der Waals surface area contributed by atoms with Crippen molar-refractivity contribution in [2.24, 2.45) is 5.92 Å². The Labute approximate surface area is 105 Å². The monoisotopic (exact) mass is 257 g/mol. The minimum absolute atomic E-state index is 0.378. The second-order valence-electron chi connectivity index (χ2n) is 4.48. The third-order valence-corrected chi connectivity index (χ3v) is 4.20. The highest BCUT2D eigenvalue weighted by atomic mass is 35.5. The molecule has 0 aromatic carbocycles. The summed E-state index contributed by atoms with van der Waals surface area (Å²) in [6.45, 7) is 3.30. The summed E-state index contributed by atoms with van der Waals surface area (Å²) in [5.41, 5.74) is 1.07. The maximum atomic E-state index is 5.98. The highest BCUT2D eigenvalue weighted by molar-refractivity contribution is 6.41. The lowest BCUT2D eigenvalue weighted by molar-refractivity contribution is 0.556. The van der Waals surface area contributed by atoms with Crippen LogP contribution in [0.4, 0.5) is 5.69 Å². The fourth-order valence-corrected chi connectivity index (χ4v) is 2.91. The Bertz CT molecular complexity index is 398. The average molecular weight is 258 g/mol. The summed E-state index contributed by atoms with van der Waals surface area (Å²) in [5.74, 6) is 0.773. The van der Waals surface area contributed by atoms with E-state index < -0.39 is 0 Å². The van der Waals surface area contributed by atoms with Gasteiger partial charge in [-0.15, -0.1) is 0 Å². The van der Waals surface area contributed by atoms with E-state index in [-0.39, 0.29) is 0 Å². The summed E-state index contributed by atoms with van der Waals surface area (Å²) in [6.07, 6.45) is 3.07. The topological polar surface area (TPSA) is 28.2 Å². The van der Waals surface area contributed by atoms with Gasteiger partial charge >= 0.3 is 0 Å². The van der Waals surface area contributed by atoms with Gasteiger partial charge in [-0.25, -0.2) is 4.98 Å². The lowest BCUT2D eigenvalue weighted by Gasteiger charge is -2.19. The minimum atomic E-state index is 0.378. The van der Waals surface area contributed by atoms with Gasteiger partial charge in [0.25, 0.3) is 0 Å². The summed E-state index contributed by atoms with van der Waals surface area (Å²) in [5, 5.41) is 4.43. The zero-order valence-electron chi connectivity index (χ0n) is 8.79. The molecule has 86 valence electrons. The maximum Gasteiger partial charge on any atom is 0.147 e. The van der Waals surface area contributed by atoms with Crippen molar-refractivity contribution in [1.29, 1.82) is 0 Å². The van der Waals surface area contributed by atoms with Crippen LogP contribution in [0.25, 0.3) is 0 Å². The first-order valence-corrected chi connectivity index (χ1v) is 6.29. The Morgan fingerprint density at radius 3 is 3.00 bits per heavy atom. The number of aromatic nitrogens is 1. The molecule has 1 aromatic heterocycles. The van der Waals surface area contributed by atoms with Crippen LogP contribution in [0.5, 0.6) is 0 Å². The van der Waals surface area contributed by atoms with Gasteiger partial charge in [0.15, 0.2) is 0 Å². The highest BCUT2D eigenvalue weighted by Gasteiger charge is 2.36. The van der Waals surface area contributed by atoms with Gasteiger partial charge in [-0.05, 0) is 24.9 Å². The van der Waals surface area contributed by atoms with E-state index in [9.17, 15) is 0 Å². The third kappa shape index (κ3) is 1.77. The zero-order valence-corrected chi connectivity index (χ0v) is 10.3. The Morgan fingerprint density at radius 1 is 1.38 bits per heavy atom. The second kappa shape index (κ2) is 4.06. The van der Waals surface area contributed by atoms with Crippen LogP contribution in [-0.2, 0) is 0 Å². The standard InChI is InChI=1S/C11H13Cl2N3/c12-9-3-8(4-15-11(9)13)16-5-7-1-2-14-10(7)6-16/h3-4,7,10,14H,1-2,5-6H2/t7-,10+/m1/s1. The molecule has 2 saturated heterocycles. The molecule has 3 nitrogen and oxygen atoms in total. The molecule has 0 radical (unpaired) electrons. The molecule has 0 amide bonds. The van der Waals surface area contributed by atoms with Gasteiger partial charge in [0.1, 0.15) is 5.15 Å². The molecule has 2 atom stereocenters. The zero-order chi connectivity index (χ0) is 11.1. The van der Waals surface area contributed by atoms with Gasteiger partial charge in [0.05, 0.1) is 16.9 Å². The molecule has 3 rings (SSSR count). The fourth-order valence-electron chi connectivity index (χ4n) is 2.64. The van der Waals surface area contributed by atoms with Crippen molar-refractivity contribution in [3.05, 3.63) is 22.4 Å². The van der Waals surface area contributed by atoms with E-state index in [1.807, 2.05) is 6.07 Å². The molecule has 0 aliphatic carbocycles. The van der Waals surface area contributed by atoms with Crippen molar-refractivity contribution in [3.63, 3.8) is 0 Å². The van der Waals surface area contributed by atoms with E-state index in [4.69, 9.17) is 23.2 Å². The minimum Gasteiger partial charge on any atom is -0.368 e. The largest absolute Gasteiger partial charge is 0.368 e. The lowest BCUT2D eigenvalue weighted by Crippen LogP contribution is -2.30. The van der Waals surface area contributed by atoms with Crippen LogP contribution in [0, 0.1) is 5.92 Å². The van der Waals surface area contributed by atoms with E-state index in [0.29, 0.717) is 16.2 Å². The van der Waals surface area contributed by atoms with Gasteiger partial charge < -0.3 is 10.2 Å². The molecule has 2 aliphatic heterocycles. The Hall–Kier alpha value is -0.510. The number of hydrogen-bond donors (Lipinski definition) is 1. The molecule has 1 N–H and O–H groups in total. The molecule has 0 bridgehead atoms. The average Bonchev–Trinajstić information content (AvgIpc) is 2.81. The molecule has 0 saturated carbocycles. The van der Waals surface area contributed by atoms with Crippen molar-refractivity contribution in [2.75, 3.05) is 24.5 Å². The van der Waals surface area contributed by atoms with Crippen LogP contribution in [0.1, 0.15) is 6.42 Å². The molecule has 2 aliphatic rings. The van der Waals surface area contributed by atoms with Crippen LogP contribution in [0.3, 0.4) is 0 Å². The Morgan fingerprint density at radius 2 is 2.25 bits per heavy atom. The van der Waals surface area contributed by atoms with Crippen LogP contribution in [0.15, 0.2) is 12.3 Å². The molecule has 2 fully saturated rings. The maximum absolute atomic E-state index is 5.98. The number of nitrogens with zero attached hydrogens (tertiary/aromatic N) is 2. The Balaban J connectivity index is 1.81. The number of pyridine rings is 1. The predicted molar refractivity (Wildman–Crippen MR) is 66.4 cm³/mol. The molecule has 16 heavy (non-hydrogen) atoms. The summed E-state index contributed by atoms with van der Waals surface area (Å²) in [7, 11) is 0. The van der Waals surface area contributed by atoms with Crippen molar-refractivity contribution in [2.45, 2.75) is 12.5 Å². The quantitative estimate of drug-likeness (QED) is 0.782. The molecule has 0 spiro atoms. The van der Waals surface area contributed by atoms with Crippen LogP contribution in [-0.4, -0.2) is 30.7 Å². The van der Waals surface area contributed by atoms with E-state index in [1.165, 1.54) is 6.42 Å². The van der Waals surface area contributed by atoms with Crippen molar-refractivity contribution in [3.8, 4) is 0 Å². The van der Waals surface area contributed by atoms with Crippen molar-refractivity contribution < 1.29 is 0 Å². The molecule has 5 heteroatoms. The Kier molecular flexibility index (Phi) is 2.70. The van der Waals surface area contributed by atoms with Crippen molar-refractivity contribution in [1.82, 2.24) is 10.3 Å². The summed E-state index contributed by atoms with van der Waals surface area (Å²) in [4.78, 5) is 6.42. The highest BCUT2D eigenvalue weighted by Crippen LogP contribution is 2.31. The van der Waals surface area contributed by atoms with Crippen LogP contribution in [0.2, 0.25) is 10.2 Å². The summed E-state index contributed by atoms with van der Waals surface area (Å²) >= 11 is 11.8. The van der Waals surface area contributed by atoms with E-state index in [2.05, 4.69) is 15.2 Å². The summed E-state index contributed by atoms with van der Waals surface area (Å²) in [6, 6.07) is 2.53. The first-order valence-electron chi connectivity index (χ1n) is 5.53. The lowest BCUT2D eigenvalue weighted by atomic mass is 10.1. The molecule has 0 unspecified atom stereocenters. The van der Waals surface area contributed by atoms with E-state index in [1.54, 1.807) is 6.20 Å². The second-order valence-corrected chi connectivity index (χ2v) is 5.25. The molecular formula is C11H13Cl2N3.